The van der Waals surface area contributed by atoms with Crippen molar-refractivity contribution < 1.29 is 0 Å². The molecule has 0 aliphatic carbocycles. The summed E-state index contributed by atoms with van der Waals surface area (Å²) in [5, 5.41) is 3.12. The molecular weight excluding hydrogens is 243 g/mol. The number of thiol groups is 1. The zero-order valence-electron chi connectivity index (χ0n) is 5.56. The van der Waals surface area contributed by atoms with E-state index in [-0.39, 0.29) is 0 Å². The van der Waals surface area contributed by atoms with Crippen molar-refractivity contribution in [1.29, 1.82) is 0 Å². The van der Waals surface area contributed by atoms with Gasteiger partial charge >= 0.3 is 0 Å². The van der Waals surface area contributed by atoms with E-state index in [9.17, 15) is 0 Å². The fourth-order valence-electron chi connectivity index (χ4n) is 0.280. The highest BCUT2D eigenvalue weighted by Crippen LogP contribution is 2.17. The van der Waals surface area contributed by atoms with Crippen LogP contribution >= 0.6 is 59.2 Å². The third kappa shape index (κ3) is 7.41. The van der Waals surface area contributed by atoms with Crippen LogP contribution in [0.2, 0.25) is 0 Å². The summed E-state index contributed by atoms with van der Waals surface area (Å²) in [6, 6.07) is 0. The minimum absolute atomic E-state index is 0.552. The number of halogens is 3. The molecule has 5 heteroatoms. The second-order valence-electron chi connectivity index (χ2n) is 1.59. The zero-order valence-corrected chi connectivity index (χ0v) is 9.54. The molecule has 0 nitrogen and oxygen atoms in total. The first-order valence-electron chi connectivity index (χ1n) is 2.72. The van der Waals surface area contributed by atoms with Crippen molar-refractivity contribution in [2.24, 2.45) is 0 Å². The zero-order chi connectivity index (χ0) is 8.69. The molecule has 0 fully saturated rings. The third-order valence-corrected chi connectivity index (χ3v) is 3.31. The van der Waals surface area contributed by atoms with Gasteiger partial charge in [0.05, 0.1) is 0 Å². The number of thioether (sulfide) groups is 1. The summed E-state index contributed by atoms with van der Waals surface area (Å²) >= 11 is 22.1. The molecule has 0 saturated heterocycles. The first-order chi connectivity index (χ1) is 5.20. The topological polar surface area (TPSA) is 0 Å². The van der Waals surface area contributed by atoms with Crippen LogP contribution in [0, 0.1) is 0 Å². The highest BCUT2D eigenvalue weighted by Gasteiger charge is 1.91. The van der Waals surface area contributed by atoms with Crippen LogP contribution in [0.3, 0.4) is 0 Å². The molecule has 0 unspecified atom stereocenters. The largest absolute Gasteiger partial charge is 0.174 e. The number of rotatable bonds is 4. The molecule has 0 aromatic rings. The highest BCUT2D eigenvalue weighted by molar-refractivity contribution is 8.02. The molecule has 0 rings (SSSR count). The Balaban J connectivity index is 3.56. The Hall–Kier alpha value is 1.05. The molecule has 11 heavy (non-hydrogen) atoms. The van der Waals surface area contributed by atoms with Crippen LogP contribution in [0.1, 0.15) is 0 Å². The van der Waals surface area contributed by atoms with Gasteiger partial charge in [-0.3, -0.25) is 0 Å². The smallest absolute Gasteiger partial charge is 0.0396 e. The van der Waals surface area contributed by atoms with E-state index in [1.54, 1.807) is 5.41 Å². The molecule has 0 bridgehead atoms. The molecule has 64 valence electrons. The van der Waals surface area contributed by atoms with Gasteiger partial charge in [0.2, 0.25) is 0 Å². The normalized spacial score (nSPS) is 13.8. The summed E-state index contributed by atoms with van der Waals surface area (Å²) < 4.78 is 0. The summed E-state index contributed by atoms with van der Waals surface area (Å²) in [4.78, 5) is 0. The highest BCUT2D eigenvalue weighted by atomic mass is 35.5. The summed E-state index contributed by atoms with van der Waals surface area (Å²) in [6.45, 7) is 0. The average Bonchev–Trinajstić information content (AvgIpc) is 2.04. The van der Waals surface area contributed by atoms with Gasteiger partial charge in [-0.25, -0.2) is 0 Å². The number of hydrogen-bond donors (Lipinski definition) is 1. The van der Waals surface area contributed by atoms with Gasteiger partial charge in [-0.05, 0) is 5.41 Å². The molecule has 0 spiro atoms. The van der Waals surface area contributed by atoms with Crippen LogP contribution in [0.15, 0.2) is 21.0 Å². The van der Waals surface area contributed by atoms with Crippen LogP contribution in [0.25, 0.3) is 0 Å². The van der Waals surface area contributed by atoms with Gasteiger partial charge < -0.3 is 0 Å². The fraction of sp³-hybridized carbons (Fsp3) is 0.333. The van der Waals surface area contributed by atoms with Crippen molar-refractivity contribution in [3.8, 4) is 0 Å². The van der Waals surface area contributed by atoms with E-state index in [1.165, 1.54) is 17.3 Å². The Bertz CT molecular complexity index is 165. The van der Waals surface area contributed by atoms with E-state index >= 15 is 0 Å². The lowest BCUT2D eigenvalue weighted by Gasteiger charge is -1.93. The molecule has 0 atom stereocenters. The fourth-order valence-corrected chi connectivity index (χ4v) is 1.63. The Morgan fingerprint density at radius 1 is 1.36 bits per heavy atom. The van der Waals surface area contributed by atoms with E-state index in [1.807, 2.05) is 0 Å². The average molecular weight is 250 g/mol. The van der Waals surface area contributed by atoms with Gasteiger partial charge in [-0.2, -0.15) is 12.6 Å². The first-order valence-corrected chi connectivity index (χ1v) is 5.59. The third-order valence-electron chi connectivity index (χ3n) is 0.702. The lowest BCUT2D eigenvalue weighted by Crippen LogP contribution is -1.75. The molecule has 0 radical (unpaired) electrons. The van der Waals surface area contributed by atoms with Gasteiger partial charge in [0.25, 0.3) is 0 Å². The van der Waals surface area contributed by atoms with Crippen LogP contribution < -0.4 is 0 Å². The molecule has 0 heterocycles. The van der Waals surface area contributed by atoms with Crippen molar-refractivity contribution in [2.45, 2.75) is 0 Å². The summed E-state index contributed by atoms with van der Waals surface area (Å²) in [6.07, 6.45) is 0. The van der Waals surface area contributed by atoms with Gasteiger partial charge in [0, 0.05) is 27.1 Å². The maximum atomic E-state index is 5.66. The molecule has 0 amide bonds. The van der Waals surface area contributed by atoms with Crippen LogP contribution in [-0.4, -0.2) is 11.5 Å². The van der Waals surface area contributed by atoms with Gasteiger partial charge in [-0.15, -0.1) is 11.8 Å². The van der Waals surface area contributed by atoms with Crippen LogP contribution in [0.4, 0.5) is 0 Å². The van der Waals surface area contributed by atoms with Crippen LogP contribution in [-0.2, 0) is 0 Å². The Labute approximate surface area is 91.4 Å². The van der Waals surface area contributed by atoms with Crippen LogP contribution in [0.5, 0.6) is 0 Å². The molecule has 0 aromatic heterocycles. The van der Waals surface area contributed by atoms with Crippen molar-refractivity contribution in [3.63, 3.8) is 0 Å². The molecule has 0 N–H and O–H groups in total. The summed E-state index contributed by atoms with van der Waals surface area (Å²) in [5.74, 6) is 1.20. The van der Waals surface area contributed by atoms with Crippen molar-refractivity contribution in [1.82, 2.24) is 0 Å². The molecule has 0 aliphatic rings. The molecule has 0 aliphatic heterocycles. The second kappa shape index (κ2) is 7.69. The van der Waals surface area contributed by atoms with Crippen molar-refractivity contribution in [3.05, 3.63) is 21.0 Å². The Morgan fingerprint density at radius 3 is 2.45 bits per heavy atom. The standard InChI is InChI=1S/C6H7Cl3S2/c7-1-5(8)3-11-4-6(9)2-10/h1,4,10H,2-3H2. The van der Waals surface area contributed by atoms with Gasteiger partial charge in [-0.1, -0.05) is 34.8 Å². The monoisotopic (exact) mass is 248 g/mol. The quantitative estimate of drug-likeness (QED) is 0.734. The molecule has 0 aromatic carbocycles. The number of hydrogen-bond acceptors (Lipinski definition) is 2. The minimum Gasteiger partial charge on any atom is -0.174 e. The minimum atomic E-state index is 0.552. The lowest BCUT2D eigenvalue weighted by molar-refractivity contribution is 1.71. The predicted molar refractivity (Wildman–Crippen MR) is 60.0 cm³/mol. The molecule has 0 saturated carbocycles. The van der Waals surface area contributed by atoms with E-state index in [0.717, 1.165) is 0 Å². The maximum absolute atomic E-state index is 5.66. The Morgan fingerprint density at radius 2 is 2.00 bits per heavy atom. The maximum Gasteiger partial charge on any atom is 0.0396 e. The second-order valence-corrected chi connectivity index (χ2v) is 3.95. The van der Waals surface area contributed by atoms with Gasteiger partial charge in [0.15, 0.2) is 0 Å². The van der Waals surface area contributed by atoms with E-state index in [4.69, 9.17) is 34.8 Å². The lowest BCUT2D eigenvalue weighted by atomic mass is 10.7. The van der Waals surface area contributed by atoms with Gasteiger partial charge in [0.1, 0.15) is 0 Å². The van der Waals surface area contributed by atoms with Crippen molar-refractivity contribution >= 4 is 59.2 Å². The predicted octanol–water partition coefficient (Wildman–Crippen LogP) is 4.05. The van der Waals surface area contributed by atoms with E-state index < -0.39 is 0 Å². The van der Waals surface area contributed by atoms with E-state index in [0.29, 0.717) is 21.6 Å². The SMILES string of the molecule is SCC(Cl)=CSCC(Cl)=CCl. The van der Waals surface area contributed by atoms with Crippen molar-refractivity contribution in [2.75, 3.05) is 11.5 Å². The summed E-state index contributed by atoms with van der Waals surface area (Å²) in [5.41, 5.74) is 1.34. The Kier molecular flexibility index (Phi) is 8.42. The molecular formula is C6H7Cl3S2. The first kappa shape index (κ1) is 12.0. The summed E-state index contributed by atoms with van der Waals surface area (Å²) in [7, 11) is 0. The van der Waals surface area contributed by atoms with E-state index in [2.05, 4.69) is 12.6 Å².